The smallest absolute Gasteiger partial charge is 0.213 e. The first kappa shape index (κ1) is 21.6. The number of H-pyrrole nitrogens is 1. The van der Waals surface area contributed by atoms with Gasteiger partial charge in [-0.05, 0) is 68.2 Å². The number of piperidine rings is 1. The monoisotopic (exact) mass is 452 g/mol. The van der Waals surface area contributed by atoms with Gasteiger partial charge in [0.15, 0.2) is 0 Å². The largest absolute Gasteiger partial charge is 0.374 e. The normalized spacial score (nSPS) is 21.1. The molecule has 0 bridgehead atoms. The summed E-state index contributed by atoms with van der Waals surface area (Å²) in [5, 5.41) is 18.3. The predicted molar refractivity (Wildman–Crippen MR) is 119 cm³/mol. The first-order valence-electron chi connectivity index (χ1n) is 10.5. The van der Waals surface area contributed by atoms with Crippen molar-refractivity contribution >= 4 is 27.3 Å². The van der Waals surface area contributed by atoms with Crippen molar-refractivity contribution in [1.29, 1.82) is 0 Å². The molecule has 7 nitrogen and oxygen atoms in total. The van der Waals surface area contributed by atoms with Crippen LogP contribution in [0.25, 0.3) is 11.3 Å². The number of rotatable bonds is 5. The molecule has 0 spiro atoms. The molecule has 9 heteroatoms. The molecule has 4 rings (SSSR count). The molecule has 0 saturated carbocycles. The van der Waals surface area contributed by atoms with E-state index in [1.54, 1.807) is 11.2 Å². The highest BCUT2D eigenvalue weighted by atomic mass is 35.5. The maximum absolute atomic E-state index is 12.1. The quantitative estimate of drug-likeness (QED) is 0.727. The van der Waals surface area contributed by atoms with E-state index in [2.05, 4.69) is 10.2 Å². The lowest BCUT2D eigenvalue weighted by atomic mass is 9.89. The number of anilines is 1. The maximum Gasteiger partial charge on any atom is 0.213 e. The van der Waals surface area contributed by atoms with E-state index >= 15 is 0 Å². The maximum atomic E-state index is 12.1. The van der Waals surface area contributed by atoms with Gasteiger partial charge in [0.25, 0.3) is 0 Å². The van der Waals surface area contributed by atoms with Crippen LogP contribution in [0, 0.1) is 5.92 Å². The third-order valence-corrected chi connectivity index (χ3v) is 8.83. The highest BCUT2D eigenvalue weighted by molar-refractivity contribution is 7.89. The number of benzene rings is 1. The minimum Gasteiger partial charge on any atom is -0.374 e. The number of aliphatic hydroxyl groups excluding tert-OH is 1. The summed E-state index contributed by atoms with van der Waals surface area (Å²) in [5.41, 5.74) is 4.89. The first-order valence-corrected chi connectivity index (χ1v) is 12.5. The summed E-state index contributed by atoms with van der Waals surface area (Å²) < 4.78 is 25.8. The van der Waals surface area contributed by atoms with Gasteiger partial charge in [0.1, 0.15) is 6.23 Å². The molecule has 0 amide bonds. The van der Waals surface area contributed by atoms with Gasteiger partial charge in [0, 0.05) is 37.6 Å². The molecule has 1 saturated heterocycles. The fraction of sp³-hybridized carbons (Fsp3) is 0.571. The summed E-state index contributed by atoms with van der Waals surface area (Å²) in [6, 6.07) is 3.98. The third kappa shape index (κ3) is 3.98. The number of hydrogen-bond donors (Lipinski definition) is 2. The third-order valence-electron chi connectivity index (χ3n) is 6.51. The Morgan fingerprint density at radius 3 is 2.70 bits per heavy atom. The van der Waals surface area contributed by atoms with Gasteiger partial charge in [0.05, 0.1) is 16.5 Å². The molecule has 1 aromatic carbocycles. The van der Waals surface area contributed by atoms with Crippen molar-refractivity contribution in [2.24, 2.45) is 5.92 Å². The highest BCUT2D eigenvalue weighted by Crippen LogP contribution is 2.40. The number of sulfonamides is 1. The van der Waals surface area contributed by atoms with Gasteiger partial charge >= 0.3 is 0 Å². The molecule has 164 valence electrons. The molecule has 2 aliphatic rings. The van der Waals surface area contributed by atoms with Crippen LogP contribution in [0.5, 0.6) is 0 Å². The van der Waals surface area contributed by atoms with Crippen LogP contribution < -0.4 is 4.90 Å². The van der Waals surface area contributed by atoms with Crippen molar-refractivity contribution < 1.29 is 13.5 Å². The predicted octanol–water partition coefficient (Wildman–Crippen LogP) is 3.04. The second kappa shape index (κ2) is 8.49. The van der Waals surface area contributed by atoms with Crippen molar-refractivity contribution in [3.8, 4) is 11.3 Å². The van der Waals surface area contributed by atoms with Gasteiger partial charge in [0.2, 0.25) is 10.0 Å². The summed E-state index contributed by atoms with van der Waals surface area (Å²) in [6.07, 6.45) is 5.38. The Labute approximate surface area is 183 Å². The topological polar surface area (TPSA) is 89.5 Å². The van der Waals surface area contributed by atoms with Gasteiger partial charge in [-0.2, -0.15) is 5.10 Å². The molecule has 3 heterocycles. The summed E-state index contributed by atoms with van der Waals surface area (Å²) in [4.78, 5) is 1.86. The van der Waals surface area contributed by atoms with Crippen LogP contribution in [0.3, 0.4) is 0 Å². The van der Waals surface area contributed by atoms with Gasteiger partial charge in [-0.1, -0.05) is 11.6 Å². The Bertz CT molecular complexity index is 1020. The lowest BCUT2D eigenvalue weighted by Crippen LogP contribution is -2.39. The van der Waals surface area contributed by atoms with E-state index < -0.39 is 16.3 Å². The second-order valence-electron chi connectivity index (χ2n) is 8.26. The van der Waals surface area contributed by atoms with Crippen LogP contribution in [0.4, 0.5) is 5.69 Å². The van der Waals surface area contributed by atoms with Crippen LogP contribution in [-0.4, -0.2) is 60.1 Å². The fourth-order valence-electron chi connectivity index (χ4n) is 4.58. The van der Waals surface area contributed by atoms with E-state index in [1.165, 1.54) is 0 Å². The number of nitrogens with zero attached hydrogens (tertiary/aromatic N) is 3. The molecule has 2 aromatic rings. The molecular formula is C21H29ClN4O3S. The molecule has 2 N–H and O–H groups in total. The Morgan fingerprint density at radius 1 is 1.27 bits per heavy atom. The summed E-state index contributed by atoms with van der Waals surface area (Å²) in [7, 11) is -1.23. The minimum atomic E-state index is -3.11. The average molecular weight is 453 g/mol. The molecule has 30 heavy (non-hydrogen) atoms. The van der Waals surface area contributed by atoms with E-state index in [9.17, 15) is 13.5 Å². The number of aromatic nitrogens is 2. The van der Waals surface area contributed by atoms with Crippen molar-refractivity contribution in [1.82, 2.24) is 14.5 Å². The lowest BCUT2D eigenvalue weighted by molar-refractivity contribution is 0.160. The van der Waals surface area contributed by atoms with Crippen molar-refractivity contribution in [2.75, 3.05) is 30.8 Å². The van der Waals surface area contributed by atoms with E-state index in [-0.39, 0.29) is 5.75 Å². The number of aliphatic hydroxyl groups is 1. The Morgan fingerprint density at radius 2 is 2.00 bits per heavy atom. The zero-order valence-electron chi connectivity index (χ0n) is 17.4. The van der Waals surface area contributed by atoms with Crippen LogP contribution in [0.2, 0.25) is 5.02 Å². The van der Waals surface area contributed by atoms with Crippen molar-refractivity contribution in [3.63, 3.8) is 0 Å². The zero-order valence-corrected chi connectivity index (χ0v) is 19.0. The SMILES string of the molecule is CCS(=O)(=O)N1CCC(Cc2c[nH]nc2-c2ccc3c(c2Cl)CCC(O)N3C)CC1. The number of aromatic amines is 1. The van der Waals surface area contributed by atoms with Gasteiger partial charge in [-0.25, -0.2) is 12.7 Å². The van der Waals surface area contributed by atoms with Crippen molar-refractivity contribution in [2.45, 2.75) is 45.3 Å². The standard InChI is InChI=1S/C21H29ClN4O3S/c1-3-30(28,29)26-10-8-14(9-11-26)12-15-13-23-24-21(15)17-4-6-18-16(20(17)22)5-7-19(27)25(18)2/h4,6,13-14,19,27H,3,5,7-12H2,1-2H3,(H,23,24). The van der Waals surface area contributed by atoms with Gasteiger partial charge < -0.3 is 10.0 Å². The molecule has 0 radical (unpaired) electrons. The van der Waals surface area contributed by atoms with Gasteiger partial charge in [-0.15, -0.1) is 0 Å². The molecule has 2 aliphatic heterocycles. The second-order valence-corrected chi connectivity index (χ2v) is 10.9. The highest BCUT2D eigenvalue weighted by Gasteiger charge is 2.29. The number of nitrogens with one attached hydrogen (secondary N) is 1. The molecule has 1 atom stereocenters. The van der Waals surface area contributed by atoms with E-state index in [4.69, 9.17) is 11.6 Å². The summed E-state index contributed by atoms with van der Waals surface area (Å²) >= 11 is 6.80. The van der Waals surface area contributed by atoms with Crippen LogP contribution in [0.1, 0.15) is 37.3 Å². The number of hydrogen-bond acceptors (Lipinski definition) is 5. The minimum absolute atomic E-state index is 0.159. The molecule has 1 fully saturated rings. The Hall–Kier alpha value is -1.61. The molecule has 1 aromatic heterocycles. The summed E-state index contributed by atoms with van der Waals surface area (Å²) in [6.45, 7) is 2.87. The van der Waals surface area contributed by atoms with Crippen LogP contribution in [0.15, 0.2) is 18.3 Å². The van der Waals surface area contributed by atoms with E-state index in [0.717, 1.165) is 53.8 Å². The summed E-state index contributed by atoms with van der Waals surface area (Å²) in [5.74, 6) is 0.578. The Kier molecular flexibility index (Phi) is 6.12. The molecule has 0 aliphatic carbocycles. The Balaban J connectivity index is 1.53. The van der Waals surface area contributed by atoms with E-state index in [1.807, 2.05) is 30.3 Å². The molecule has 1 unspecified atom stereocenters. The lowest BCUT2D eigenvalue weighted by Gasteiger charge is -2.33. The zero-order chi connectivity index (χ0) is 21.5. The van der Waals surface area contributed by atoms with Crippen LogP contribution >= 0.6 is 11.6 Å². The van der Waals surface area contributed by atoms with E-state index in [0.29, 0.717) is 30.5 Å². The van der Waals surface area contributed by atoms with Crippen LogP contribution in [-0.2, 0) is 22.9 Å². The number of halogens is 1. The van der Waals surface area contributed by atoms with Crippen molar-refractivity contribution in [3.05, 3.63) is 34.5 Å². The molecular weight excluding hydrogens is 424 g/mol. The van der Waals surface area contributed by atoms with Gasteiger partial charge in [-0.3, -0.25) is 5.10 Å². The first-order chi connectivity index (χ1) is 14.3. The number of fused-ring (bicyclic) bond motifs is 1. The fourth-order valence-corrected chi connectivity index (χ4v) is 6.05. The average Bonchev–Trinajstić information content (AvgIpc) is 3.19.